The van der Waals surface area contributed by atoms with Crippen molar-refractivity contribution in [1.82, 2.24) is 5.48 Å². The summed E-state index contributed by atoms with van der Waals surface area (Å²) in [6, 6.07) is 15.2. The van der Waals surface area contributed by atoms with Crippen LogP contribution >= 0.6 is 0 Å². The number of hydroxylamine groups is 1. The maximum absolute atomic E-state index is 11.9. The van der Waals surface area contributed by atoms with Gasteiger partial charge in [-0.15, -0.1) is 0 Å². The highest BCUT2D eigenvalue weighted by Crippen LogP contribution is 2.24. The molecule has 2 unspecified atom stereocenters. The first kappa shape index (κ1) is 29.0. The molecule has 1 fully saturated rings. The molecule has 0 saturated heterocycles. The van der Waals surface area contributed by atoms with E-state index in [1.807, 2.05) is 44.2 Å². The van der Waals surface area contributed by atoms with E-state index in [4.69, 9.17) is 24.5 Å². The number of carbonyl (C=O) groups excluding carboxylic acids is 1. The number of nitro benzene ring substituents is 1. The number of aliphatic hydroxyl groups is 2. The maximum atomic E-state index is 11.9. The Morgan fingerprint density at radius 3 is 2.24 bits per heavy atom. The second-order valence-corrected chi connectivity index (χ2v) is 7.74. The molecule has 1 saturated carbocycles. The Hall–Kier alpha value is -3.05. The predicted octanol–water partition coefficient (Wildman–Crippen LogP) is 4.49. The van der Waals surface area contributed by atoms with Crippen LogP contribution < -0.4 is 10.2 Å². The molecule has 0 heterocycles. The molecule has 10 heteroatoms. The molecular formula is C24H34N2O8. The zero-order valence-corrected chi connectivity index (χ0v) is 20.0. The second-order valence-electron chi connectivity index (χ2n) is 7.74. The largest absolute Gasteiger partial charge is 0.514 e. The molecule has 188 valence electrons. The molecule has 3 rings (SSSR count). The Kier molecular flexibility index (Phi) is 12.8. The van der Waals surface area contributed by atoms with E-state index in [1.54, 1.807) is 0 Å². The van der Waals surface area contributed by atoms with Crippen LogP contribution in [-0.4, -0.2) is 39.2 Å². The standard InChI is InChI=1S/C19H20N2O6.C3H8O2.C2H6/c22-19(26-17-10-7-16(8-11-17)21(23)24)27-18-9-6-15(12-18)20-25-13-14-4-2-1-3-5-14;1-3(2,4)5;1-2/h1-5,7-8,10-11,15,18,20H,6,9,12-13H2;4-5H,1-2H3;1-2H3. The molecule has 0 amide bonds. The molecule has 0 radical (unpaired) electrons. The highest BCUT2D eigenvalue weighted by atomic mass is 16.7. The fourth-order valence-corrected chi connectivity index (χ4v) is 2.86. The molecule has 10 nitrogen and oxygen atoms in total. The Balaban J connectivity index is 0.000000733. The predicted molar refractivity (Wildman–Crippen MR) is 126 cm³/mol. The fraction of sp³-hybridized carbons (Fsp3) is 0.458. The summed E-state index contributed by atoms with van der Waals surface area (Å²) in [6.07, 6.45) is 1.09. The monoisotopic (exact) mass is 478 g/mol. The Morgan fingerprint density at radius 1 is 1.09 bits per heavy atom. The molecule has 2 aromatic rings. The number of hydrogen-bond acceptors (Lipinski definition) is 9. The zero-order valence-electron chi connectivity index (χ0n) is 20.0. The van der Waals surface area contributed by atoms with Gasteiger partial charge >= 0.3 is 6.16 Å². The smallest absolute Gasteiger partial charge is 0.431 e. The molecule has 2 aromatic carbocycles. The van der Waals surface area contributed by atoms with Crippen LogP contribution in [-0.2, 0) is 16.2 Å². The summed E-state index contributed by atoms with van der Waals surface area (Å²) in [6.45, 7) is 7.06. The first-order valence-corrected chi connectivity index (χ1v) is 11.1. The number of benzene rings is 2. The lowest BCUT2D eigenvalue weighted by molar-refractivity contribution is -0.384. The van der Waals surface area contributed by atoms with Gasteiger partial charge in [0, 0.05) is 24.6 Å². The average molecular weight is 479 g/mol. The molecule has 3 N–H and O–H groups in total. The van der Waals surface area contributed by atoms with Crippen molar-refractivity contribution in [2.24, 2.45) is 0 Å². The topological polar surface area (TPSA) is 140 Å². The Bertz CT molecular complexity index is 848. The quantitative estimate of drug-likeness (QED) is 0.173. The van der Waals surface area contributed by atoms with Gasteiger partial charge in [0.2, 0.25) is 0 Å². The zero-order chi connectivity index (χ0) is 25.6. The molecule has 0 aromatic heterocycles. The maximum Gasteiger partial charge on any atom is 0.514 e. The van der Waals surface area contributed by atoms with E-state index in [0.29, 0.717) is 19.4 Å². The van der Waals surface area contributed by atoms with Gasteiger partial charge in [-0.1, -0.05) is 44.2 Å². The third kappa shape index (κ3) is 12.9. The van der Waals surface area contributed by atoms with Gasteiger partial charge in [-0.3, -0.25) is 15.0 Å². The second kappa shape index (κ2) is 15.0. The third-order valence-electron chi connectivity index (χ3n) is 4.23. The average Bonchev–Trinajstić information content (AvgIpc) is 3.22. The summed E-state index contributed by atoms with van der Waals surface area (Å²) in [4.78, 5) is 27.5. The molecule has 1 aliphatic carbocycles. The van der Waals surface area contributed by atoms with Crippen molar-refractivity contribution in [3.05, 3.63) is 70.3 Å². The minimum absolute atomic E-state index is 0.0732. The van der Waals surface area contributed by atoms with Crippen molar-refractivity contribution < 1.29 is 34.2 Å². The molecular weight excluding hydrogens is 444 g/mol. The van der Waals surface area contributed by atoms with Crippen molar-refractivity contribution >= 4 is 11.8 Å². The lowest BCUT2D eigenvalue weighted by atomic mass is 10.2. The van der Waals surface area contributed by atoms with E-state index < -0.39 is 16.9 Å². The van der Waals surface area contributed by atoms with Crippen LogP contribution in [0.25, 0.3) is 0 Å². The lowest BCUT2D eigenvalue weighted by Crippen LogP contribution is -2.28. The minimum atomic E-state index is -1.50. The first-order valence-electron chi connectivity index (χ1n) is 11.1. The van der Waals surface area contributed by atoms with Gasteiger partial charge in [-0.05, 0) is 44.4 Å². The van der Waals surface area contributed by atoms with Crippen LogP contribution in [0.15, 0.2) is 54.6 Å². The van der Waals surface area contributed by atoms with E-state index in [-0.39, 0.29) is 23.6 Å². The Labute approximate surface area is 199 Å². The van der Waals surface area contributed by atoms with E-state index in [1.165, 1.54) is 38.1 Å². The van der Waals surface area contributed by atoms with Gasteiger partial charge in [0.15, 0.2) is 5.79 Å². The van der Waals surface area contributed by atoms with Crippen molar-refractivity contribution in [3.8, 4) is 5.75 Å². The van der Waals surface area contributed by atoms with Gasteiger partial charge in [0.05, 0.1) is 11.5 Å². The van der Waals surface area contributed by atoms with Crippen molar-refractivity contribution in [3.63, 3.8) is 0 Å². The fourth-order valence-electron chi connectivity index (χ4n) is 2.86. The van der Waals surface area contributed by atoms with Gasteiger partial charge in [-0.25, -0.2) is 4.79 Å². The molecule has 0 aliphatic heterocycles. The van der Waals surface area contributed by atoms with E-state index in [9.17, 15) is 14.9 Å². The number of hydrogen-bond donors (Lipinski definition) is 3. The van der Waals surface area contributed by atoms with Gasteiger partial charge in [0.1, 0.15) is 11.9 Å². The molecule has 34 heavy (non-hydrogen) atoms. The number of carbonyl (C=O) groups is 1. The number of nitro groups is 1. The van der Waals surface area contributed by atoms with Crippen LogP contribution in [0.4, 0.5) is 10.5 Å². The number of nitrogens with one attached hydrogen (secondary N) is 1. The van der Waals surface area contributed by atoms with Crippen molar-refractivity contribution in [2.45, 2.75) is 71.5 Å². The number of non-ortho nitro benzene ring substituents is 1. The Morgan fingerprint density at radius 2 is 1.68 bits per heavy atom. The van der Waals surface area contributed by atoms with E-state index in [0.717, 1.165) is 12.0 Å². The molecule has 1 aliphatic rings. The number of nitrogens with zero attached hydrogens (tertiary/aromatic N) is 1. The first-order chi connectivity index (χ1) is 16.1. The number of ether oxygens (including phenoxy) is 2. The van der Waals surface area contributed by atoms with Gasteiger partial charge in [0.25, 0.3) is 5.69 Å². The van der Waals surface area contributed by atoms with Gasteiger partial charge < -0.3 is 19.7 Å². The van der Waals surface area contributed by atoms with E-state index >= 15 is 0 Å². The SMILES string of the molecule is CC.CC(C)(O)O.O=C(Oc1ccc([N+](=O)[O-])cc1)OC1CCC(NOCc2ccccc2)C1. The summed E-state index contributed by atoms with van der Waals surface area (Å²) in [7, 11) is 0. The summed E-state index contributed by atoms with van der Waals surface area (Å²) in [5.74, 6) is -1.30. The lowest BCUT2D eigenvalue weighted by Gasteiger charge is -2.14. The van der Waals surface area contributed by atoms with Crippen LogP contribution in [0.3, 0.4) is 0 Å². The van der Waals surface area contributed by atoms with Crippen molar-refractivity contribution in [1.29, 1.82) is 0 Å². The number of rotatable bonds is 7. The van der Waals surface area contributed by atoms with Crippen LogP contribution in [0.2, 0.25) is 0 Å². The summed E-state index contributed by atoms with van der Waals surface area (Å²) in [5, 5.41) is 26.8. The summed E-state index contributed by atoms with van der Waals surface area (Å²) in [5.41, 5.74) is 4.00. The molecule has 0 spiro atoms. The third-order valence-corrected chi connectivity index (χ3v) is 4.23. The molecule has 2 atom stereocenters. The summed E-state index contributed by atoms with van der Waals surface area (Å²) >= 11 is 0. The van der Waals surface area contributed by atoms with E-state index in [2.05, 4.69) is 5.48 Å². The highest BCUT2D eigenvalue weighted by Gasteiger charge is 2.28. The van der Waals surface area contributed by atoms with Crippen molar-refractivity contribution in [2.75, 3.05) is 0 Å². The highest BCUT2D eigenvalue weighted by molar-refractivity contribution is 5.64. The summed E-state index contributed by atoms with van der Waals surface area (Å²) < 4.78 is 10.3. The minimum Gasteiger partial charge on any atom is -0.431 e. The normalized spacial score (nSPS) is 16.9. The van der Waals surface area contributed by atoms with Crippen LogP contribution in [0.5, 0.6) is 5.75 Å². The van der Waals surface area contributed by atoms with Crippen LogP contribution in [0.1, 0.15) is 52.5 Å². The molecule has 0 bridgehead atoms. The van der Waals surface area contributed by atoms with Gasteiger partial charge in [-0.2, -0.15) is 5.48 Å². The van der Waals surface area contributed by atoms with Crippen LogP contribution in [0, 0.1) is 10.1 Å².